The van der Waals surface area contributed by atoms with Crippen molar-refractivity contribution >= 4 is 25.9 Å². The Bertz CT molecular complexity index is 624. The molecule has 3 N–H and O–H groups in total. The number of nitrogens with zero attached hydrogens (tertiary/aromatic N) is 3. The molecule has 2 rings (SSSR count). The van der Waals surface area contributed by atoms with Crippen molar-refractivity contribution in [2.45, 2.75) is 32.2 Å². The number of sulfonamides is 1. The van der Waals surface area contributed by atoms with Gasteiger partial charge in [0.2, 0.25) is 10.0 Å². The summed E-state index contributed by atoms with van der Waals surface area (Å²) in [5.41, 5.74) is 9.56. The fourth-order valence-corrected chi connectivity index (χ4v) is 4.87. The third-order valence-electron chi connectivity index (χ3n) is 4.21. The zero-order chi connectivity index (χ0) is 17.7. The van der Waals surface area contributed by atoms with Crippen LogP contribution in [0, 0.1) is 0 Å². The third kappa shape index (κ3) is 5.17. The molecule has 2 heterocycles. The van der Waals surface area contributed by atoms with Crippen LogP contribution in [0.4, 0.5) is 0 Å². The maximum absolute atomic E-state index is 12.0. The lowest BCUT2D eigenvalue weighted by atomic mass is 10.1. The van der Waals surface area contributed by atoms with E-state index >= 15 is 0 Å². The normalized spacial score (nSPS) is 23.6. The Hall–Kier alpha value is -0.650. The van der Waals surface area contributed by atoms with Gasteiger partial charge in [-0.3, -0.25) is 5.43 Å². The average molecular weight is 378 g/mol. The summed E-state index contributed by atoms with van der Waals surface area (Å²) in [6.07, 6.45) is 3.42. The van der Waals surface area contributed by atoms with E-state index in [4.69, 9.17) is 5.73 Å². The monoisotopic (exact) mass is 377 g/mol. The van der Waals surface area contributed by atoms with E-state index in [-0.39, 0.29) is 6.04 Å². The fourth-order valence-electron chi connectivity index (χ4n) is 2.97. The summed E-state index contributed by atoms with van der Waals surface area (Å²) in [7, 11) is -4.28. The lowest BCUT2D eigenvalue weighted by Gasteiger charge is -2.37. The topological polar surface area (TPSA) is 108 Å². The molecule has 1 atom stereocenters. The number of nitrogens with one attached hydrogen (secondary N) is 1. The Kier molecular flexibility index (Phi) is 7.08. The van der Waals surface area contributed by atoms with Gasteiger partial charge in [0.1, 0.15) is 5.04 Å². The van der Waals surface area contributed by atoms with Crippen LogP contribution in [0.25, 0.3) is 0 Å². The molecule has 1 unspecified atom stereocenters. The van der Waals surface area contributed by atoms with Crippen LogP contribution in [0.1, 0.15) is 26.2 Å². The van der Waals surface area contributed by atoms with Crippen LogP contribution in [0.2, 0.25) is 0 Å². The molecule has 0 aromatic rings. The molecule has 2 aliphatic heterocycles. The van der Waals surface area contributed by atoms with E-state index in [9.17, 15) is 12.6 Å². The molecule has 0 saturated carbocycles. The molecule has 0 radical (unpaired) electrons. The Labute approximate surface area is 146 Å². The van der Waals surface area contributed by atoms with E-state index < -0.39 is 20.8 Å². The molecule has 1 saturated heterocycles. The number of aliphatic imine (C=N–C) groups is 1. The SMILES string of the molecule is CCNN(CCC1=NC(CN)=CS1=O)C1CCN(S(C)(=O)=O)CC1. The van der Waals surface area contributed by atoms with Gasteiger partial charge in [0, 0.05) is 50.6 Å². The van der Waals surface area contributed by atoms with Gasteiger partial charge < -0.3 is 5.73 Å². The Balaban J connectivity index is 1.90. The van der Waals surface area contributed by atoms with Crippen molar-refractivity contribution in [2.24, 2.45) is 10.7 Å². The molecule has 0 aromatic carbocycles. The number of piperidine rings is 1. The zero-order valence-electron chi connectivity index (χ0n) is 14.3. The number of hydrogen-bond acceptors (Lipinski definition) is 7. The summed E-state index contributed by atoms with van der Waals surface area (Å²) < 4.78 is 36.7. The second kappa shape index (κ2) is 8.63. The lowest BCUT2D eigenvalue weighted by molar-refractivity contribution is 0.0911. The van der Waals surface area contributed by atoms with Crippen LogP contribution in [0.5, 0.6) is 0 Å². The van der Waals surface area contributed by atoms with Crippen LogP contribution in [-0.2, 0) is 20.8 Å². The van der Waals surface area contributed by atoms with Crippen molar-refractivity contribution in [2.75, 3.05) is 39.0 Å². The van der Waals surface area contributed by atoms with E-state index in [1.165, 1.54) is 10.6 Å². The molecular formula is C14H27N5O3S2. The summed E-state index contributed by atoms with van der Waals surface area (Å²) in [4.78, 5) is 4.32. The van der Waals surface area contributed by atoms with E-state index in [2.05, 4.69) is 15.4 Å². The molecule has 0 spiro atoms. The van der Waals surface area contributed by atoms with Crippen LogP contribution in [0.15, 0.2) is 16.1 Å². The quantitative estimate of drug-likeness (QED) is 0.557. The number of hydrazine groups is 1. The van der Waals surface area contributed by atoms with E-state index in [0.29, 0.717) is 43.3 Å². The smallest absolute Gasteiger partial charge is 0.211 e. The summed E-state index contributed by atoms with van der Waals surface area (Å²) in [6.45, 7) is 4.88. The minimum Gasteiger partial charge on any atom is -0.325 e. The molecule has 0 amide bonds. The van der Waals surface area contributed by atoms with Gasteiger partial charge in [0.05, 0.1) is 22.8 Å². The van der Waals surface area contributed by atoms with E-state index in [0.717, 1.165) is 19.4 Å². The number of hydrogen-bond donors (Lipinski definition) is 2. The Morgan fingerprint density at radius 1 is 1.46 bits per heavy atom. The van der Waals surface area contributed by atoms with E-state index in [1.54, 1.807) is 5.41 Å². The van der Waals surface area contributed by atoms with Crippen LogP contribution in [-0.4, -0.2) is 72.0 Å². The standard InChI is InChI=1S/C14H27N5O3S2/c1-3-16-19(9-6-14-17-12(10-15)11-23(14)20)13-4-7-18(8-5-13)24(2,21)22/h11,13,16H,3-10,15H2,1-2H3. The summed E-state index contributed by atoms with van der Waals surface area (Å²) in [5, 5.41) is 4.41. The van der Waals surface area contributed by atoms with Crippen molar-refractivity contribution in [3.8, 4) is 0 Å². The van der Waals surface area contributed by atoms with E-state index in [1.807, 2.05) is 6.92 Å². The second-order valence-electron chi connectivity index (χ2n) is 5.96. The highest BCUT2D eigenvalue weighted by Gasteiger charge is 2.29. The van der Waals surface area contributed by atoms with Gasteiger partial charge in [-0.1, -0.05) is 6.92 Å². The van der Waals surface area contributed by atoms with Crippen molar-refractivity contribution in [1.82, 2.24) is 14.7 Å². The van der Waals surface area contributed by atoms with Gasteiger partial charge in [-0.05, 0) is 12.8 Å². The van der Waals surface area contributed by atoms with Gasteiger partial charge in [-0.2, -0.15) is 0 Å². The molecule has 1 fully saturated rings. The fraction of sp³-hybridized carbons (Fsp3) is 0.786. The van der Waals surface area contributed by atoms with Crippen molar-refractivity contribution in [3.05, 3.63) is 11.1 Å². The molecule has 138 valence electrons. The first-order chi connectivity index (χ1) is 11.3. The molecule has 0 aromatic heterocycles. The summed E-state index contributed by atoms with van der Waals surface area (Å²) >= 11 is 0. The number of nitrogens with two attached hydrogens (primary N) is 1. The van der Waals surface area contributed by atoms with Gasteiger partial charge in [0.15, 0.2) is 0 Å². The predicted octanol–water partition coefficient (Wildman–Crippen LogP) is -0.412. The van der Waals surface area contributed by atoms with Gasteiger partial charge in [-0.15, -0.1) is 0 Å². The highest BCUT2D eigenvalue weighted by molar-refractivity contribution is 8.03. The lowest BCUT2D eigenvalue weighted by Crippen LogP contribution is -2.52. The number of rotatable bonds is 8. The zero-order valence-corrected chi connectivity index (χ0v) is 15.9. The maximum Gasteiger partial charge on any atom is 0.211 e. The van der Waals surface area contributed by atoms with Crippen molar-refractivity contribution < 1.29 is 12.6 Å². The predicted molar refractivity (Wildman–Crippen MR) is 97.2 cm³/mol. The molecule has 8 nitrogen and oxygen atoms in total. The molecule has 2 aliphatic rings. The first-order valence-electron chi connectivity index (χ1n) is 8.19. The first-order valence-corrected chi connectivity index (χ1v) is 11.3. The molecule has 10 heteroatoms. The van der Waals surface area contributed by atoms with Crippen molar-refractivity contribution in [3.63, 3.8) is 0 Å². The largest absolute Gasteiger partial charge is 0.325 e. The highest BCUT2D eigenvalue weighted by atomic mass is 32.2. The van der Waals surface area contributed by atoms with Crippen molar-refractivity contribution in [1.29, 1.82) is 0 Å². The average Bonchev–Trinajstić information content (AvgIpc) is 2.91. The third-order valence-corrected chi connectivity index (χ3v) is 6.76. The Morgan fingerprint density at radius 2 is 2.12 bits per heavy atom. The molecule has 24 heavy (non-hydrogen) atoms. The van der Waals surface area contributed by atoms with Crippen LogP contribution >= 0.6 is 0 Å². The first kappa shape index (κ1) is 19.7. The highest BCUT2D eigenvalue weighted by Crippen LogP contribution is 2.19. The van der Waals surface area contributed by atoms with Gasteiger partial charge >= 0.3 is 0 Å². The minimum atomic E-state index is -3.11. The van der Waals surface area contributed by atoms with Gasteiger partial charge in [0.25, 0.3) is 0 Å². The molecular weight excluding hydrogens is 350 g/mol. The Morgan fingerprint density at radius 3 is 2.62 bits per heavy atom. The van der Waals surface area contributed by atoms with Gasteiger partial charge in [-0.25, -0.2) is 26.9 Å². The minimum absolute atomic E-state index is 0.264. The van der Waals surface area contributed by atoms with Crippen LogP contribution < -0.4 is 11.2 Å². The van der Waals surface area contributed by atoms with Crippen LogP contribution in [0.3, 0.4) is 0 Å². The maximum atomic E-state index is 12.0. The second-order valence-corrected chi connectivity index (χ2v) is 9.25. The summed E-state index contributed by atoms with van der Waals surface area (Å²) in [5.74, 6) is 0. The molecule has 0 bridgehead atoms. The summed E-state index contributed by atoms with van der Waals surface area (Å²) in [6, 6.07) is 0.264. The molecule has 0 aliphatic carbocycles.